The Labute approximate surface area is 117 Å². The van der Waals surface area contributed by atoms with E-state index in [9.17, 15) is 35.2 Å². The molecular formula is C9H14F5N3O3S. The molecule has 1 saturated heterocycles. The lowest BCUT2D eigenvalue weighted by molar-refractivity contribution is -0.275. The number of hydrogen-bond donors (Lipinski definition) is 2. The second-order valence-electron chi connectivity index (χ2n) is 4.73. The van der Waals surface area contributed by atoms with Crippen LogP contribution in [0.5, 0.6) is 0 Å². The summed E-state index contributed by atoms with van der Waals surface area (Å²) in [5.41, 5.74) is 0. The third-order valence-corrected chi connectivity index (χ3v) is 3.57. The summed E-state index contributed by atoms with van der Waals surface area (Å²) in [6.45, 7) is -0.871. The standard InChI is InChI=1S/C9H14F5N3O3S/c10-8(11,9(12,13)14)7(18)17-3-1-2-6(5-17)4-16-21(15,19)20/h6,16H,1-5H2,(H2,15,19,20). The minimum absolute atomic E-state index is 0.191. The second-order valence-corrected chi connectivity index (χ2v) is 6.10. The molecule has 0 aromatic heterocycles. The van der Waals surface area contributed by atoms with Gasteiger partial charge in [0.15, 0.2) is 0 Å². The number of carbonyl (C=O) groups excluding carboxylic acids is 1. The Kier molecular flexibility index (Phi) is 5.16. The number of piperidine rings is 1. The Morgan fingerprint density at radius 3 is 2.33 bits per heavy atom. The monoisotopic (exact) mass is 339 g/mol. The normalized spacial score (nSPS) is 21.4. The van der Waals surface area contributed by atoms with Crippen LogP contribution in [0.1, 0.15) is 12.8 Å². The molecule has 0 bridgehead atoms. The summed E-state index contributed by atoms with van der Waals surface area (Å²) >= 11 is 0. The fraction of sp³-hybridized carbons (Fsp3) is 0.889. The predicted octanol–water partition coefficient (Wildman–Crippen LogP) is 0.216. The molecule has 1 fully saturated rings. The first-order valence-corrected chi connectivity index (χ1v) is 7.40. The average Bonchev–Trinajstić information content (AvgIpc) is 2.33. The lowest BCUT2D eigenvalue weighted by Crippen LogP contribution is -2.55. The first-order valence-electron chi connectivity index (χ1n) is 5.86. The maximum absolute atomic E-state index is 13.0. The molecular weight excluding hydrogens is 325 g/mol. The Morgan fingerprint density at radius 2 is 1.86 bits per heavy atom. The van der Waals surface area contributed by atoms with Crippen molar-refractivity contribution in [2.24, 2.45) is 11.1 Å². The summed E-state index contributed by atoms with van der Waals surface area (Å²) in [6, 6.07) is 0. The van der Waals surface area contributed by atoms with Gasteiger partial charge in [-0.3, -0.25) is 4.79 Å². The van der Waals surface area contributed by atoms with Crippen LogP contribution in [-0.4, -0.2) is 51.0 Å². The fourth-order valence-electron chi connectivity index (χ4n) is 1.97. The molecule has 21 heavy (non-hydrogen) atoms. The molecule has 0 spiro atoms. The van der Waals surface area contributed by atoms with Crippen LogP contribution in [0.25, 0.3) is 0 Å². The average molecular weight is 339 g/mol. The highest BCUT2D eigenvalue weighted by atomic mass is 32.2. The fourth-order valence-corrected chi connectivity index (χ4v) is 2.44. The SMILES string of the molecule is NS(=O)(=O)NCC1CCCN(C(=O)C(F)(F)C(F)(F)F)C1. The number of carbonyl (C=O) groups is 1. The van der Waals surface area contributed by atoms with E-state index in [1.807, 2.05) is 4.72 Å². The molecule has 0 aliphatic carbocycles. The molecule has 1 heterocycles. The molecule has 1 unspecified atom stereocenters. The molecule has 0 radical (unpaired) electrons. The number of halogens is 5. The van der Waals surface area contributed by atoms with Crippen LogP contribution in [0.3, 0.4) is 0 Å². The van der Waals surface area contributed by atoms with E-state index in [0.717, 1.165) is 0 Å². The van der Waals surface area contributed by atoms with E-state index in [1.54, 1.807) is 0 Å². The Bertz CT molecular complexity index is 493. The van der Waals surface area contributed by atoms with E-state index in [0.29, 0.717) is 11.3 Å². The van der Waals surface area contributed by atoms with Gasteiger partial charge in [0.1, 0.15) is 0 Å². The maximum atomic E-state index is 13.0. The maximum Gasteiger partial charge on any atom is 0.463 e. The van der Waals surface area contributed by atoms with Gasteiger partial charge in [-0.25, -0.2) is 9.86 Å². The van der Waals surface area contributed by atoms with Crippen LogP contribution in [0.15, 0.2) is 0 Å². The molecule has 0 saturated carbocycles. The second kappa shape index (κ2) is 6.01. The van der Waals surface area contributed by atoms with Crippen molar-refractivity contribution in [1.29, 1.82) is 0 Å². The summed E-state index contributed by atoms with van der Waals surface area (Å²) < 4.78 is 85.6. The third-order valence-electron chi connectivity index (χ3n) is 3.00. The molecule has 1 rings (SSSR count). The van der Waals surface area contributed by atoms with Gasteiger partial charge in [-0.1, -0.05) is 0 Å². The quantitative estimate of drug-likeness (QED) is 0.718. The zero-order valence-corrected chi connectivity index (χ0v) is 11.5. The van der Waals surface area contributed by atoms with Gasteiger partial charge in [0.2, 0.25) is 0 Å². The number of amides is 1. The minimum Gasteiger partial charge on any atom is -0.337 e. The van der Waals surface area contributed by atoms with Gasteiger partial charge in [-0.15, -0.1) is 0 Å². The van der Waals surface area contributed by atoms with E-state index in [2.05, 4.69) is 5.14 Å². The van der Waals surface area contributed by atoms with Gasteiger partial charge in [0, 0.05) is 19.6 Å². The van der Waals surface area contributed by atoms with Crippen molar-refractivity contribution in [3.05, 3.63) is 0 Å². The highest BCUT2D eigenvalue weighted by molar-refractivity contribution is 7.87. The number of nitrogens with two attached hydrogens (primary N) is 1. The van der Waals surface area contributed by atoms with Crippen molar-refractivity contribution >= 4 is 16.1 Å². The van der Waals surface area contributed by atoms with Crippen LogP contribution in [0.2, 0.25) is 0 Å². The van der Waals surface area contributed by atoms with Gasteiger partial charge in [0.25, 0.3) is 10.2 Å². The molecule has 1 amide bonds. The number of alkyl halides is 5. The largest absolute Gasteiger partial charge is 0.463 e. The molecule has 1 aliphatic rings. The van der Waals surface area contributed by atoms with Crippen LogP contribution in [0, 0.1) is 5.92 Å². The summed E-state index contributed by atoms with van der Waals surface area (Å²) in [6.07, 6.45) is -5.39. The Balaban J connectivity index is 2.70. The third kappa shape index (κ3) is 4.74. The molecule has 124 valence electrons. The van der Waals surface area contributed by atoms with E-state index in [-0.39, 0.29) is 19.5 Å². The van der Waals surface area contributed by atoms with E-state index in [4.69, 9.17) is 0 Å². The minimum atomic E-state index is -5.96. The van der Waals surface area contributed by atoms with Crippen LogP contribution in [0.4, 0.5) is 22.0 Å². The van der Waals surface area contributed by atoms with Gasteiger partial charge < -0.3 is 4.90 Å². The topological polar surface area (TPSA) is 92.5 Å². The summed E-state index contributed by atoms with van der Waals surface area (Å²) in [4.78, 5) is 11.7. The number of nitrogens with zero attached hydrogens (tertiary/aromatic N) is 1. The Morgan fingerprint density at radius 1 is 1.29 bits per heavy atom. The summed E-state index contributed by atoms with van der Waals surface area (Å²) in [5.74, 6) is -8.36. The lowest BCUT2D eigenvalue weighted by Gasteiger charge is -2.35. The lowest BCUT2D eigenvalue weighted by atomic mass is 9.98. The predicted molar refractivity (Wildman–Crippen MR) is 61.4 cm³/mol. The smallest absolute Gasteiger partial charge is 0.337 e. The molecule has 1 aliphatic heterocycles. The highest BCUT2D eigenvalue weighted by Crippen LogP contribution is 2.37. The van der Waals surface area contributed by atoms with Crippen LogP contribution < -0.4 is 9.86 Å². The number of likely N-dealkylation sites (tertiary alicyclic amines) is 1. The molecule has 0 aromatic carbocycles. The van der Waals surface area contributed by atoms with Gasteiger partial charge in [-0.2, -0.15) is 30.4 Å². The van der Waals surface area contributed by atoms with Crippen molar-refractivity contribution < 1.29 is 35.2 Å². The zero-order chi connectivity index (χ0) is 16.5. The Hall–Kier alpha value is -1.01. The summed E-state index contributed by atoms with van der Waals surface area (Å²) in [7, 11) is -3.99. The zero-order valence-electron chi connectivity index (χ0n) is 10.7. The number of rotatable bonds is 4. The van der Waals surface area contributed by atoms with Crippen LogP contribution >= 0.6 is 0 Å². The van der Waals surface area contributed by atoms with Gasteiger partial charge in [-0.05, 0) is 18.8 Å². The first kappa shape index (κ1) is 18.0. The number of hydrogen-bond acceptors (Lipinski definition) is 3. The van der Waals surface area contributed by atoms with Crippen molar-refractivity contribution in [2.45, 2.75) is 24.9 Å². The highest BCUT2D eigenvalue weighted by Gasteiger charge is 2.64. The molecule has 12 heteroatoms. The van der Waals surface area contributed by atoms with Crippen molar-refractivity contribution in [3.63, 3.8) is 0 Å². The van der Waals surface area contributed by atoms with E-state index >= 15 is 0 Å². The van der Waals surface area contributed by atoms with Crippen LogP contribution in [-0.2, 0) is 15.0 Å². The first-order chi connectivity index (χ1) is 9.34. The van der Waals surface area contributed by atoms with E-state index < -0.39 is 40.7 Å². The van der Waals surface area contributed by atoms with Gasteiger partial charge in [0.05, 0.1) is 0 Å². The van der Waals surface area contributed by atoms with E-state index in [1.165, 1.54) is 0 Å². The molecule has 1 atom stereocenters. The van der Waals surface area contributed by atoms with Crippen molar-refractivity contribution in [1.82, 2.24) is 9.62 Å². The van der Waals surface area contributed by atoms with Crippen molar-refractivity contribution in [3.8, 4) is 0 Å². The molecule has 3 N–H and O–H groups in total. The van der Waals surface area contributed by atoms with Crippen molar-refractivity contribution in [2.75, 3.05) is 19.6 Å². The molecule has 6 nitrogen and oxygen atoms in total. The summed E-state index contributed by atoms with van der Waals surface area (Å²) in [5, 5.41) is 4.69. The molecule has 0 aromatic rings. The van der Waals surface area contributed by atoms with Gasteiger partial charge >= 0.3 is 18.0 Å². The number of nitrogens with one attached hydrogen (secondary N) is 1.